The fraction of sp³-hybridized carbons (Fsp3) is 0.267. The predicted molar refractivity (Wildman–Crippen MR) is 284 cm³/mol. The molecule has 1 N–H and O–H groups in total. The van der Waals surface area contributed by atoms with E-state index in [0.29, 0.717) is 0 Å². The quantitative estimate of drug-likeness (QED) is 0.180. The maximum absolute atomic E-state index is 7.00. The van der Waals surface area contributed by atoms with E-state index in [1.165, 1.54) is 75.5 Å². The first kappa shape index (κ1) is 40.1. The molecule has 2 aliphatic rings. The highest BCUT2D eigenvalue weighted by molar-refractivity contribution is 7.29. The summed E-state index contributed by atoms with van der Waals surface area (Å²) in [5.74, 6) is 0. The number of nitrogens with zero attached hydrogens (tertiary/aromatic N) is 1. The third-order valence-corrected chi connectivity index (χ3v) is 16.5. The van der Waals surface area contributed by atoms with Gasteiger partial charge in [-0.3, -0.25) is 0 Å². The van der Waals surface area contributed by atoms with Gasteiger partial charge in [0.2, 0.25) is 7.28 Å². The van der Waals surface area contributed by atoms with E-state index in [2.05, 4.69) is 202 Å². The molecule has 0 unspecified atom stereocenters. The molecular weight excluding hydrogens is 824 g/mol. The van der Waals surface area contributed by atoms with Crippen molar-refractivity contribution >= 4 is 116 Å². The Morgan fingerprint density at radius 2 is 1.21 bits per heavy atom. The van der Waals surface area contributed by atoms with Crippen molar-refractivity contribution in [3.05, 3.63) is 138 Å². The third-order valence-electron chi connectivity index (χ3n) is 15.4. The van der Waals surface area contributed by atoms with Gasteiger partial charge in [-0.05, 0) is 139 Å². The SMILES string of the molecule is CC(C)(C)c1ccc(Nc2cc3c(cc2-c2ccc4c5cc6oc7ccccc7c6cc5n5c4c2[B]c2sc4ccc(C(C)(C)C)cc4c2-5)oc2cc4c(cc23)C(C)(C)CCC4(C)C)cc1. The molecule has 1 aliphatic carbocycles. The van der Waals surface area contributed by atoms with E-state index in [9.17, 15) is 0 Å². The van der Waals surface area contributed by atoms with Crippen LogP contribution in [0.3, 0.4) is 0 Å². The smallest absolute Gasteiger partial charge is 0.211 e. The molecule has 5 heterocycles. The summed E-state index contributed by atoms with van der Waals surface area (Å²) in [6.07, 6.45) is 2.32. The second kappa shape index (κ2) is 13.2. The summed E-state index contributed by atoms with van der Waals surface area (Å²) < 4.78 is 18.7. The summed E-state index contributed by atoms with van der Waals surface area (Å²) >= 11 is 1.89. The monoisotopic (exact) mass is 877 g/mol. The van der Waals surface area contributed by atoms with Crippen LogP contribution >= 0.6 is 11.3 Å². The van der Waals surface area contributed by atoms with E-state index in [1.807, 2.05) is 11.3 Å². The number of nitrogens with one attached hydrogen (secondary N) is 1. The third kappa shape index (κ3) is 5.76. The number of fused-ring (bicyclic) bond motifs is 14. The molecule has 0 saturated carbocycles. The fourth-order valence-electron chi connectivity index (χ4n) is 11.4. The number of hydrogen-bond acceptors (Lipinski definition) is 4. The Hall–Kier alpha value is -6.24. The highest BCUT2D eigenvalue weighted by atomic mass is 32.1. The molecule has 1 radical (unpaired) electrons. The van der Waals surface area contributed by atoms with Gasteiger partial charge in [0, 0.05) is 64.9 Å². The summed E-state index contributed by atoms with van der Waals surface area (Å²) in [5.41, 5.74) is 18.7. The van der Waals surface area contributed by atoms with Gasteiger partial charge in [0.1, 0.15) is 22.3 Å². The molecule has 4 aromatic heterocycles. The van der Waals surface area contributed by atoms with Crippen LogP contribution in [0.2, 0.25) is 0 Å². The van der Waals surface area contributed by atoms with Gasteiger partial charge < -0.3 is 18.7 Å². The molecule has 325 valence electrons. The van der Waals surface area contributed by atoms with Crippen LogP contribution in [-0.4, -0.2) is 11.8 Å². The van der Waals surface area contributed by atoms with Gasteiger partial charge in [0.15, 0.2) is 0 Å². The van der Waals surface area contributed by atoms with Crippen molar-refractivity contribution in [1.82, 2.24) is 4.57 Å². The zero-order chi connectivity index (χ0) is 45.4. The molecule has 13 rings (SSSR count). The number of aromatic nitrogens is 1. The standard InChI is InChI=1S/C60H54BN2O2S/c1-57(2,3)32-15-18-34(19-16-32)62-46-27-41-40-26-44-45(60(9,10)24-23-59(44,7)8)31-51(40)65-49(41)29-38(46)36-20-21-37-39-30-50-42(35-13-11-12-14-48(35)64-50)28-47(39)63-54(37)53(36)61-56-55(63)43-25-33(58(4,5)6)17-22-52(43)66-56/h11-22,25-31,62H,23-24H2,1-10H3. The lowest BCUT2D eigenvalue weighted by molar-refractivity contribution is 0.332. The number of benzene rings is 7. The fourth-order valence-corrected chi connectivity index (χ4v) is 12.5. The van der Waals surface area contributed by atoms with Crippen LogP contribution in [0, 0.1) is 0 Å². The van der Waals surface area contributed by atoms with Gasteiger partial charge in [-0.2, -0.15) is 0 Å². The van der Waals surface area contributed by atoms with Crippen molar-refractivity contribution in [2.75, 3.05) is 5.32 Å². The Labute approximate surface area is 390 Å². The van der Waals surface area contributed by atoms with E-state index in [1.54, 1.807) is 0 Å². The summed E-state index contributed by atoms with van der Waals surface area (Å²) in [4.78, 5) is 0. The Kier molecular flexibility index (Phi) is 8.03. The highest BCUT2D eigenvalue weighted by Gasteiger charge is 2.38. The molecule has 0 bridgehead atoms. The summed E-state index contributed by atoms with van der Waals surface area (Å²) in [7, 11) is 2.47. The van der Waals surface area contributed by atoms with Crippen molar-refractivity contribution < 1.29 is 8.83 Å². The molecule has 11 aromatic rings. The first-order valence-electron chi connectivity index (χ1n) is 23.7. The highest BCUT2D eigenvalue weighted by Crippen LogP contribution is 2.50. The Bertz CT molecular complexity index is 3890. The van der Waals surface area contributed by atoms with Crippen molar-refractivity contribution in [2.24, 2.45) is 0 Å². The topological polar surface area (TPSA) is 43.2 Å². The van der Waals surface area contributed by atoms with Gasteiger partial charge >= 0.3 is 0 Å². The number of anilines is 2. The average molecular weight is 878 g/mol. The molecule has 0 atom stereocenters. The van der Waals surface area contributed by atoms with Gasteiger partial charge in [-0.1, -0.05) is 118 Å². The van der Waals surface area contributed by atoms with Crippen LogP contribution in [0.25, 0.3) is 92.6 Å². The molecule has 0 saturated heterocycles. The van der Waals surface area contributed by atoms with Crippen molar-refractivity contribution in [2.45, 2.75) is 104 Å². The summed E-state index contributed by atoms with van der Waals surface area (Å²) in [5, 5.41) is 12.3. The summed E-state index contributed by atoms with van der Waals surface area (Å²) in [6.45, 7) is 23.3. The van der Waals surface area contributed by atoms with Crippen LogP contribution in [-0.2, 0) is 21.7 Å². The van der Waals surface area contributed by atoms with Gasteiger partial charge in [-0.25, -0.2) is 0 Å². The minimum atomic E-state index is 0.0138. The van der Waals surface area contributed by atoms with Crippen molar-refractivity contribution in [1.29, 1.82) is 0 Å². The maximum atomic E-state index is 7.00. The molecule has 0 fully saturated rings. The summed E-state index contributed by atoms with van der Waals surface area (Å²) in [6, 6.07) is 43.3. The van der Waals surface area contributed by atoms with Crippen LogP contribution < -0.4 is 15.6 Å². The Morgan fingerprint density at radius 3 is 1.97 bits per heavy atom. The second-order valence-corrected chi connectivity index (χ2v) is 23.8. The Balaban J connectivity index is 1.10. The molecule has 1 aliphatic heterocycles. The molecule has 6 heteroatoms. The molecular formula is C60H54BN2O2S. The zero-order valence-electron chi connectivity index (χ0n) is 39.6. The molecule has 0 amide bonds. The van der Waals surface area contributed by atoms with Gasteiger partial charge in [0.25, 0.3) is 0 Å². The molecule has 7 aromatic carbocycles. The number of para-hydroxylation sites is 1. The minimum absolute atomic E-state index is 0.0138. The van der Waals surface area contributed by atoms with Crippen LogP contribution in [0.1, 0.15) is 104 Å². The lowest BCUT2D eigenvalue weighted by Crippen LogP contribution is -2.35. The van der Waals surface area contributed by atoms with E-state index < -0.39 is 0 Å². The lowest BCUT2D eigenvalue weighted by atomic mass is 9.63. The molecule has 0 spiro atoms. The van der Waals surface area contributed by atoms with Crippen LogP contribution in [0.5, 0.6) is 0 Å². The van der Waals surface area contributed by atoms with E-state index >= 15 is 0 Å². The number of furan rings is 2. The minimum Gasteiger partial charge on any atom is -0.456 e. The normalized spacial score (nSPS) is 15.7. The van der Waals surface area contributed by atoms with E-state index in [-0.39, 0.29) is 21.7 Å². The first-order chi connectivity index (χ1) is 31.4. The average Bonchev–Trinajstić information content (AvgIpc) is 4.02. The van der Waals surface area contributed by atoms with Crippen LogP contribution in [0.15, 0.2) is 124 Å². The maximum Gasteiger partial charge on any atom is 0.211 e. The van der Waals surface area contributed by atoms with Crippen molar-refractivity contribution in [3.8, 4) is 16.8 Å². The lowest BCUT2D eigenvalue weighted by Gasteiger charge is -2.41. The van der Waals surface area contributed by atoms with Crippen LogP contribution in [0.4, 0.5) is 11.4 Å². The molecule has 66 heavy (non-hydrogen) atoms. The molecule has 4 nitrogen and oxygen atoms in total. The first-order valence-corrected chi connectivity index (χ1v) is 24.5. The van der Waals surface area contributed by atoms with Gasteiger partial charge in [-0.15, -0.1) is 11.3 Å². The van der Waals surface area contributed by atoms with Crippen molar-refractivity contribution in [3.63, 3.8) is 0 Å². The number of hydrogen-bond donors (Lipinski definition) is 1. The second-order valence-electron chi connectivity index (χ2n) is 22.8. The predicted octanol–water partition coefficient (Wildman–Crippen LogP) is 16.1. The Morgan fingerprint density at radius 1 is 0.561 bits per heavy atom. The van der Waals surface area contributed by atoms with E-state index in [0.717, 1.165) is 73.8 Å². The zero-order valence-corrected chi connectivity index (χ0v) is 40.4. The number of rotatable bonds is 3. The largest absolute Gasteiger partial charge is 0.456 e. The number of thiophene rings is 1. The van der Waals surface area contributed by atoms with E-state index in [4.69, 9.17) is 8.83 Å². The van der Waals surface area contributed by atoms with Gasteiger partial charge in [0.05, 0.1) is 11.2 Å².